The molecule has 0 radical (unpaired) electrons. The van der Waals surface area contributed by atoms with Gasteiger partial charge in [0.15, 0.2) is 0 Å². The lowest BCUT2D eigenvalue weighted by Crippen LogP contribution is -2.35. The van der Waals surface area contributed by atoms with Crippen LogP contribution in [0.2, 0.25) is 0 Å². The van der Waals surface area contributed by atoms with Gasteiger partial charge in [0.1, 0.15) is 21.0 Å². The molecule has 5 aromatic rings. The molecular formula is C28H25N5O2S. The summed E-state index contributed by atoms with van der Waals surface area (Å²) in [5.41, 5.74) is 4.50. The molecule has 0 saturated heterocycles. The quantitative estimate of drug-likeness (QED) is 0.301. The highest BCUT2D eigenvalue weighted by molar-refractivity contribution is 7.21. The first-order valence-corrected chi connectivity index (χ1v) is 12.9. The lowest BCUT2D eigenvalue weighted by Gasteiger charge is -2.16. The number of fused-ring (bicyclic) bond motifs is 2. The van der Waals surface area contributed by atoms with E-state index in [4.69, 9.17) is 4.98 Å². The average Bonchev–Trinajstić information content (AvgIpc) is 3.52. The lowest BCUT2D eigenvalue weighted by molar-refractivity contribution is 0.102. The van der Waals surface area contributed by atoms with Crippen LogP contribution in [0.4, 0.5) is 5.69 Å². The van der Waals surface area contributed by atoms with E-state index in [0.717, 1.165) is 56.6 Å². The van der Waals surface area contributed by atoms with Gasteiger partial charge in [-0.25, -0.2) is 15.0 Å². The monoisotopic (exact) mass is 495 g/mol. The summed E-state index contributed by atoms with van der Waals surface area (Å²) in [6.07, 6.45) is 4.49. The lowest BCUT2D eigenvalue weighted by atomic mass is 10.1. The summed E-state index contributed by atoms with van der Waals surface area (Å²) in [5.74, 6) is -0.269. The summed E-state index contributed by atoms with van der Waals surface area (Å²) in [4.78, 5) is 27.8. The first-order chi connectivity index (χ1) is 17.6. The highest BCUT2D eigenvalue weighted by Crippen LogP contribution is 2.34. The predicted molar refractivity (Wildman–Crippen MR) is 143 cm³/mol. The van der Waals surface area contributed by atoms with Crippen molar-refractivity contribution >= 4 is 44.2 Å². The number of carbonyl (C=O) groups is 1. The van der Waals surface area contributed by atoms with E-state index in [1.807, 2.05) is 66.9 Å². The number of para-hydroxylation sites is 2. The zero-order valence-electron chi connectivity index (χ0n) is 19.5. The van der Waals surface area contributed by atoms with Crippen molar-refractivity contribution < 1.29 is 9.90 Å². The molecule has 6 rings (SSSR count). The number of anilines is 1. The standard InChI is InChI=1S/C28H25N5O2S/c34-25-11-5-10-22(25)29-15-17-14-24-28(30-16-17)36-27(33-24)19-7-2-4-9-21(19)32-26(35)23-13-12-18-6-1-3-8-20(18)31-23/h1-4,6-9,12-14,16,22,25,29,34H,5,10-11,15H2,(H,32,35)/t22-,25-/m1/s1. The van der Waals surface area contributed by atoms with E-state index in [9.17, 15) is 9.90 Å². The number of rotatable bonds is 6. The highest BCUT2D eigenvalue weighted by atomic mass is 32.1. The molecule has 7 nitrogen and oxygen atoms in total. The largest absolute Gasteiger partial charge is 0.392 e. The summed E-state index contributed by atoms with van der Waals surface area (Å²) in [6.45, 7) is 0.642. The maximum atomic E-state index is 13.0. The number of hydrogen-bond donors (Lipinski definition) is 3. The Bertz CT molecular complexity index is 1570. The molecular weight excluding hydrogens is 470 g/mol. The van der Waals surface area contributed by atoms with Gasteiger partial charge in [-0.1, -0.05) is 47.7 Å². The Kier molecular flexibility index (Phi) is 6.14. The number of pyridine rings is 2. The molecule has 0 unspecified atom stereocenters. The second-order valence-electron chi connectivity index (χ2n) is 9.06. The number of aromatic nitrogens is 3. The smallest absolute Gasteiger partial charge is 0.274 e. The Morgan fingerprint density at radius 2 is 1.86 bits per heavy atom. The third kappa shape index (κ3) is 4.58. The molecule has 1 aliphatic carbocycles. The number of aliphatic hydroxyl groups excluding tert-OH is 1. The van der Waals surface area contributed by atoms with Crippen molar-refractivity contribution in [3.05, 3.63) is 84.2 Å². The van der Waals surface area contributed by atoms with Crippen LogP contribution in [0, 0.1) is 0 Å². The van der Waals surface area contributed by atoms with E-state index >= 15 is 0 Å². The molecule has 2 atom stereocenters. The van der Waals surface area contributed by atoms with Crippen LogP contribution in [-0.2, 0) is 6.54 Å². The molecule has 8 heteroatoms. The molecule has 0 bridgehead atoms. The predicted octanol–water partition coefficient (Wildman–Crippen LogP) is 5.16. The van der Waals surface area contributed by atoms with Gasteiger partial charge >= 0.3 is 0 Å². The zero-order chi connectivity index (χ0) is 24.5. The number of carbonyl (C=O) groups excluding carboxylic acids is 1. The Morgan fingerprint density at radius 1 is 1.00 bits per heavy atom. The van der Waals surface area contributed by atoms with E-state index in [0.29, 0.717) is 17.9 Å². The number of nitrogens with zero attached hydrogens (tertiary/aromatic N) is 3. The maximum absolute atomic E-state index is 13.0. The molecule has 36 heavy (non-hydrogen) atoms. The van der Waals surface area contributed by atoms with E-state index in [1.165, 1.54) is 11.3 Å². The van der Waals surface area contributed by atoms with Crippen molar-refractivity contribution in [3.63, 3.8) is 0 Å². The molecule has 180 valence electrons. The Balaban J connectivity index is 1.23. The third-order valence-corrected chi connectivity index (χ3v) is 7.60. The summed E-state index contributed by atoms with van der Waals surface area (Å²) in [7, 11) is 0. The third-order valence-electron chi connectivity index (χ3n) is 6.59. The normalized spacial score (nSPS) is 17.6. The van der Waals surface area contributed by atoms with Crippen LogP contribution in [0.15, 0.2) is 72.9 Å². The van der Waals surface area contributed by atoms with Gasteiger partial charge in [0.25, 0.3) is 5.91 Å². The van der Waals surface area contributed by atoms with Gasteiger partial charge in [-0.05, 0) is 55.2 Å². The SMILES string of the molecule is O=C(Nc1ccccc1-c1nc2cc(CN[C@@H]3CCC[C@H]3O)cnc2s1)c1ccc2ccccc2n1. The van der Waals surface area contributed by atoms with Crippen molar-refractivity contribution in [1.29, 1.82) is 0 Å². The Labute approximate surface area is 212 Å². The van der Waals surface area contributed by atoms with Gasteiger partial charge in [-0.15, -0.1) is 0 Å². The minimum absolute atomic E-state index is 0.138. The number of nitrogens with one attached hydrogen (secondary N) is 2. The van der Waals surface area contributed by atoms with Crippen molar-refractivity contribution in [2.24, 2.45) is 0 Å². The number of amides is 1. The summed E-state index contributed by atoms with van der Waals surface area (Å²) >= 11 is 1.49. The van der Waals surface area contributed by atoms with Crippen molar-refractivity contribution in [2.45, 2.75) is 38.0 Å². The fourth-order valence-electron chi connectivity index (χ4n) is 4.66. The van der Waals surface area contributed by atoms with Crippen molar-refractivity contribution in [1.82, 2.24) is 20.3 Å². The molecule has 1 amide bonds. The van der Waals surface area contributed by atoms with E-state index < -0.39 is 0 Å². The molecule has 2 aromatic carbocycles. The van der Waals surface area contributed by atoms with Gasteiger partial charge in [-0.2, -0.15) is 0 Å². The van der Waals surface area contributed by atoms with Crippen LogP contribution in [0.5, 0.6) is 0 Å². The molecule has 1 saturated carbocycles. The number of thiazole rings is 1. The van der Waals surface area contributed by atoms with E-state index in [-0.39, 0.29) is 18.1 Å². The highest BCUT2D eigenvalue weighted by Gasteiger charge is 2.24. The fourth-order valence-corrected chi connectivity index (χ4v) is 5.59. The minimum atomic E-state index is -0.274. The van der Waals surface area contributed by atoms with Crippen LogP contribution in [0.25, 0.3) is 31.8 Å². The second-order valence-corrected chi connectivity index (χ2v) is 10.0. The van der Waals surface area contributed by atoms with Crippen LogP contribution < -0.4 is 10.6 Å². The summed E-state index contributed by atoms with van der Waals surface area (Å²) in [6, 6.07) is 21.2. The van der Waals surface area contributed by atoms with Crippen molar-refractivity contribution in [2.75, 3.05) is 5.32 Å². The zero-order valence-corrected chi connectivity index (χ0v) is 20.3. The Morgan fingerprint density at radius 3 is 2.75 bits per heavy atom. The van der Waals surface area contributed by atoms with Crippen LogP contribution in [-0.4, -0.2) is 38.1 Å². The molecule has 3 aromatic heterocycles. The Hall–Kier alpha value is -3.72. The van der Waals surface area contributed by atoms with Crippen LogP contribution in [0.3, 0.4) is 0 Å². The topological polar surface area (TPSA) is 100 Å². The van der Waals surface area contributed by atoms with Gasteiger partial charge in [-0.3, -0.25) is 4.79 Å². The molecule has 3 N–H and O–H groups in total. The average molecular weight is 496 g/mol. The molecule has 0 aliphatic heterocycles. The molecule has 0 spiro atoms. The molecule has 3 heterocycles. The summed E-state index contributed by atoms with van der Waals surface area (Å²) in [5, 5.41) is 18.3. The van der Waals surface area contributed by atoms with E-state index in [1.54, 1.807) is 6.07 Å². The van der Waals surface area contributed by atoms with Crippen molar-refractivity contribution in [3.8, 4) is 10.6 Å². The fraction of sp³-hybridized carbons (Fsp3) is 0.214. The minimum Gasteiger partial charge on any atom is -0.392 e. The van der Waals surface area contributed by atoms with Crippen LogP contribution in [0.1, 0.15) is 35.3 Å². The van der Waals surface area contributed by atoms with Gasteiger partial charge in [0.05, 0.1) is 17.3 Å². The van der Waals surface area contributed by atoms with Crippen LogP contribution >= 0.6 is 11.3 Å². The first kappa shape index (κ1) is 22.7. The maximum Gasteiger partial charge on any atom is 0.274 e. The van der Waals surface area contributed by atoms with Gasteiger partial charge < -0.3 is 15.7 Å². The number of benzene rings is 2. The van der Waals surface area contributed by atoms with Gasteiger partial charge in [0, 0.05) is 29.7 Å². The number of hydrogen-bond acceptors (Lipinski definition) is 7. The second kappa shape index (κ2) is 9.73. The summed E-state index contributed by atoms with van der Waals surface area (Å²) < 4.78 is 0. The first-order valence-electron chi connectivity index (χ1n) is 12.1. The molecule has 1 fully saturated rings. The van der Waals surface area contributed by atoms with Gasteiger partial charge in [0.2, 0.25) is 0 Å². The molecule has 1 aliphatic rings. The van der Waals surface area contributed by atoms with E-state index in [2.05, 4.69) is 20.6 Å². The number of aliphatic hydroxyl groups is 1.